The summed E-state index contributed by atoms with van der Waals surface area (Å²) >= 11 is 0. The lowest BCUT2D eigenvalue weighted by Crippen LogP contribution is -2.61. The van der Waals surface area contributed by atoms with Crippen molar-refractivity contribution in [2.75, 3.05) is 31.1 Å². The van der Waals surface area contributed by atoms with Crippen molar-refractivity contribution in [2.45, 2.75) is 19.4 Å². The van der Waals surface area contributed by atoms with Crippen molar-refractivity contribution >= 4 is 17.5 Å². The molecule has 1 atom stereocenters. The molecule has 0 radical (unpaired) electrons. The van der Waals surface area contributed by atoms with Crippen LogP contribution >= 0.6 is 0 Å². The van der Waals surface area contributed by atoms with Gasteiger partial charge in [-0.3, -0.25) is 9.59 Å². The smallest absolute Gasteiger partial charge is 0.225 e. The van der Waals surface area contributed by atoms with Gasteiger partial charge >= 0.3 is 0 Å². The first-order chi connectivity index (χ1) is 11.5. The zero-order chi connectivity index (χ0) is 17.3. The number of nitriles is 1. The average Bonchev–Trinajstić information content (AvgIpc) is 2.99. The van der Waals surface area contributed by atoms with Gasteiger partial charge in [-0.25, -0.2) is 4.39 Å². The number of carbonyl (C=O) groups is 2. The van der Waals surface area contributed by atoms with Crippen LogP contribution in [0.5, 0.6) is 0 Å². The van der Waals surface area contributed by atoms with E-state index in [0.717, 1.165) is 0 Å². The van der Waals surface area contributed by atoms with Gasteiger partial charge in [0.05, 0.1) is 29.3 Å². The molecule has 1 N–H and O–H groups in total. The second-order valence-corrected chi connectivity index (χ2v) is 6.34. The summed E-state index contributed by atoms with van der Waals surface area (Å²) in [6.45, 7) is 3.69. The van der Waals surface area contributed by atoms with Crippen molar-refractivity contribution in [3.63, 3.8) is 0 Å². The Hall–Kier alpha value is -2.62. The summed E-state index contributed by atoms with van der Waals surface area (Å²) in [5, 5.41) is 11.7. The molecular formula is C17H19FN4O2. The molecule has 2 heterocycles. The van der Waals surface area contributed by atoms with Crippen LogP contribution in [-0.4, -0.2) is 48.9 Å². The van der Waals surface area contributed by atoms with Crippen LogP contribution in [0.4, 0.5) is 10.1 Å². The van der Waals surface area contributed by atoms with Crippen LogP contribution in [0.2, 0.25) is 0 Å². The van der Waals surface area contributed by atoms with Gasteiger partial charge in [-0.15, -0.1) is 0 Å². The average molecular weight is 330 g/mol. The summed E-state index contributed by atoms with van der Waals surface area (Å²) in [7, 11) is 0. The molecule has 126 valence electrons. The van der Waals surface area contributed by atoms with E-state index in [1.807, 2.05) is 11.0 Å². The molecule has 1 aromatic carbocycles. The third-order valence-electron chi connectivity index (χ3n) is 4.65. The SMILES string of the molecule is CC(=O)N1CC(NC(=O)C2CCN(c3ccc(C#N)cc3F)C2)C1. The Labute approximate surface area is 139 Å². The van der Waals surface area contributed by atoms with Gasteiger partial charge < -0.3 is 15.1 Å². The minimum absolute atomic E-state index is 0.0158. The highest BCUT2D eigenvalue weighted by molar-refractivity contribution is 5.81. The highest BCUT2D eigenvalue weighted by Gasteiger charge is 2.34. The lowest BCUT2D eigenvalue weighted by Gasteiger charge is -2.39. The minimum Gasteiger partial charge on any atom is -0.368 e. The first-order valence-electron chi connectivity index (χ1n) is 7.98. The molecule has 2 saturated heterocycles. The summed E-state index contributed by atoms with van der Waals surface area (Å²) in [6.07, 6.45) is 0.661. The van der Waals surface area contributed by atoms with Gasteiger partial charge in [-0.2, -0.15) is 5.26 Å². The normalized spacial score (nSPS) is 20.5. The maximum atomic E-state index is 14.1. The summed E-state index contributed by atoms with van der Waals surface area (Å²) in [5.74, 6) is -0.652. The Morgan fingerprint density at radius 1 is 1.33 bits per heavy atom. The largest absolute Gasteiger partial charge is 0.368 e. The number of halogens is 1. The lowest BCUT2D eigenvalue weighted by molar-refractivity contribution is -0.136. The molecule has 1 aromatic rings. The molecule has 0 bridgehead atoms. The molecule has 0 saturated carbocycles. The van der Waals surface area contributed by atoms with Crippen molar-refractivity contribution in [3.05, 3.63) is 29.6 Å². The van der Waals surface area contributed by atoms with E-state index in [-0.39, 0.29) is 29.3 Å². The maximum absolute atomic E-state index is 14.1. The van der Waals surface area contributed by atoms with Crippen LogP contribution in [0.1, 0.15) is 18.9 Å². The lowest BCUT2D eigenvalue weighted by atomic mass is 10.0. The van der Waals surface area contributed by atoms with Crippen LogP contribution in [0.15, 0.2) is 18.2 Å². The van der Waals surface area contributed by atoms with Crippen molar-refractivity contribution in [1.29, 1.82) is 5.26 Å². The van der Waals surface area contributed by atoms with E-state index >= 15 is 0 Å². The standard InChI is InChI=1S/C17H19FN4O2/c1-11(23)22-9-14(10-22)20-17(24)13-4-5-21(8-13)16-3-2-12(7-19)6-15(16)18/h2-3,6,13-14H,4-5,8-10H2,1H3,(H,20,24). The van der Waals surface area contributed by atoms with Crippen LogP contribution in [0, 0.1) is 23.1 Å². The van der Waals surface area contributed by atoms with Gasteiger partial charge in [-0.05, 0) is 24.6 Å². The van der Waals surface area contributed by atoms with Crippen molar-refractivity contribution in [2.24, 2.45) is 5.92 Å². The van der Waals surface area contributed by atoms with E-state index in [4.69, 9.17) is 5.26 Å². The fraction of sp³-hybridized carbons (Fsp3) is 0.471. The molecule has 3 rings (SSSR count). The molecule has 2 aliphatic heterocycles. The molecule has 7 heteroatoms. The van der Waals surface area contributed by atoms with Crippen LogP contribution < -0.4 is 10.2 Å². The Morgan fingerprint density at radius 2 is 2.08 bits per heavy atom. The number of hydrogen-bond donors (Lipinski definition) is 1. The molecule has 2 amide bonds. The molecule has 2 fully saturated rings. The van der Waals surface area contributed by atoms with E-state index < -0.39 is 5.82 Å². The van der Waals surface area contributed by atoms with Crippen LogP contribution in [-0.2, 0) is 9.59 Å². The third kappa shape index (κ3) is 3.18. The molecule has 1 unspecified atom stereocenters. The number of carbonyl (C=O) groups excluding carboxylic acids is 2. The van der Waals surface area contributed by atoms with E-state index in [0.29, 0.717) is 38.3 Å². The van der Waals surface area contributed by atoms with Crippen LogP contribution in [0.3, 0.4) is 0 Å². The second kappa shape index (κ2) is 6.48. The zero-order valence-electron chi connectivity index (χ0n) is 13.5. The van der Waals surface area contributed by atoms with E-state index in [2.05, 4.69) is 5.32 Å². The number of likely N-dealkylation sites (tertiary alicyclic amines) is 1. The summed E-state index contributed by atoms with van der Waals surface area (Å²) in [5.41, 5.74) is 0.709. The molecule has 0 spiro atoms. The van der Waals surface area contributed by atoms with Crippen LogP contribution in [0.25, 0.3) is 0 Å². The second-order valence-electron chi connectivity index (χ2n) is 6.34. The predicted octanol–water partition coefficient (Wildman–Crippen LogP) is 0.871. The number of nitrogens with one attached hydrogen (secondary N) is 1. The van der Waals surface area contributed by atoms with Gasteiger partial charge in [0.2, 0.25) is 11.8 Å². The van der Waals surface area contributed by atoms with E-state index in [1.54, 1.807) is 17.0 Å². The number of nitrogens with zero attached hydrogens (tertiary/aromatic N) is 3. The topological polar surface area (TPSA) is 76.4 Å². The maximum Gasteiger partial charge on any atom is 0.225 e. The van der Waals surface area contributed by atoms with E-state index in [1.165, 1.54) is 13.0 Å². The number of amides is 2. The van der Waals surface area contributed by atoms with Gasteiger partial charge in [0.1, 0.15) is 5.82 Å². The van der Waals surface area contributed by atoms with Gasteiger partial charge in [0.15, 0.2) is 0 Å². The molecule has 2 aliphatic rings. The fourth-order valence-corrected chi connectivity index (χ4v) is 3.17. The number of anilines is 1. The zero-order valence-corrected chi connectivity index (χ0v) is 13.5. The monoisotopic (exact) mass is 330 g/mol. The highest BCUT2D eigenvalue weighted by atomic mass is 19.1. The summed E-state index contributed by atoms with van der Waals surface area (Å²) < 4.78 is 14.1. The van der Waals surface area contributed by atoms with Gasteiger partial charge in [0.25, 0.3) is 0 Å². The highest BCUT2D eigenvalue weighted by Crippen LogP contribution is 2.27. The number of rotatable bonds is 3. The predicted molar refractivity (Wildman–Crippen MR) is 85.6 cm³/mol. The first-order valence-corrected chi connectivity index (χ1v) is 7.98. The third-order valence-corrected chi connectivity index (χ3v) is 4.65. The molecule has 6 nitrogen and oxygen atoms in total. The number of benzene rings is 1. The molecular weight excluding hydrogens is 311 g/mol. The Bertz CT molecular complexity index is 709. The van der Waals surface area contributed by atoms with Crippen molar-refractivity contribution in [1.82, 2.24) is 10.2 Å². The molecule has 0 aromatic heterocycles. The van der Waals surface area contributed by atoms with E-state index in [9.17, 15) is 14.0 Å². The quantitative estimate of drug-likeness (QED) is 0.892. The molecule has 0 aliphatic carbocycles. The minimum atomic E-state index is -0.439. The summed E-state index contributed by atoms with van der Waals surface area (Å²) in [4.78, 5) is 27.0. The Balaban J connectivity index is 1.55. The Morgan fingerprint density at radius 3 is 2.71 bits per heavy atom. The number of hydrogen-bond acceptors (Lipinski definition) is 4. The summed E-state index contributed by atoms with van der Waals surface area (Å²) in [6, 6.07) is 6.31. The van der Waals surface area contributed by atoms with Gasteiger partial charge in [0, 0.05) is 33.1 Å². The Kier molecular flexibility index (Phi) is 4.38. The fourth-order valence-electron chi connectivity index (χ4n) is 3.17. The molecule has 24 heavy (non-hydrogen) atoms. The first kappa shape index (κ1) is 16.2. The van der Waals surface area contributed by atoms with Crippen molar-refractivity contribution < 1.29 is 14.0 Å². The van der Waals surface area contributed by atoms with Crippen molar-refractivity contribution in [3.8, 4) is 6.07 Å². The van der Waals surface area contributed by atoms with Gasteiger partial charge in [-0.1, -0.05) is 0 Å².